The number of carbonyl (C=O) groups is 1. The van der Waals surface area contributed by atoms with Crippen LogP contribution in [0.1, 0.15) is 45.8 Å². The lowest BCUT2D eigenvalue weighted by Crippen LogP contribution is -2.23. The fraction of sp³-hybridized carbons (Fsp3) is 0.238. The van der Waals surface area contributed by atoms with Crippen molar-refractivity contribution in [3.05, 3.63) is 69.1 Å². The maximum Gasteiger partial charge on any atom is 0.341 e. The minimum atomic E-state index is -1.20. The van der Waals surface area contributed by atoms with Crippen molar-refractivity contribution in [1.29, 1.82) is 0 Å². The Bertz CT molecular complexity index is 1150. The van der Waals surface area contributed by atoms with Crippen LogP contribution in [0.2, 0.25) is 0 Å². The lowest BCUT2D eigenvalue weighted by molar-refractivity contribution is 0.0694. The smallest absolute Gasteiger partial charge is 0.341 e. The van der Waals surface area contributed by atoms with E-state index in [9.17, 15) is 19.8 Å². The maximum atomic E-state index is 12.6. The lowest BCUT2D eigenvalue weighted by Gasteiger charge is -2.16. The largest absolute Gasteiger partial charge is 0.508 e. The number of aromatic hydroxyl groups is 1. The molecular formula is C21H21ClN2O4. The monoisotopic (exact) mass is 400 g/mol. The van der Waals surface area contributed by atoms with Crippen LogP contribution in [0, 0.1) is 6.92 Å². The number of aromatic nitrogens is 1. The molecular weight excluding hydrogens is 380 g/mol. The molecule has 1 saturated carbocycles. The van der Waals surface area contributed by atoms with Gasteiger partial charge in [0.25, 0.3) is 5.56 Å². The first-order valence-electron chi connectivity index (χ1n) is 8.87. The van der Waals surface area contributed by atoms with Gasteiger partial charge in [-0.15, -0.1) is 12.4 Å². The fourth-order valence-electron chi connectivity index (χ4n) is 3.69. The first-order valence-corrected chi connectivity index (χ1v) is 8.87. The number of nitrogens with zero attached hydrogens (tertiary/aromatic N) is 1. The van der Waals surface area contributed by atoms with Crippen molar-refractivity contribution < 1.29 is 15.0 Å². The topological polar surface area (TPSA) is 105 Å². The molecule has 0 unspecified atom stereocenters. The number of halogens is 1. The quantitative estimate of drug-likeness (QED) is 0.622. The summed E-state index contributed by atoms with van der Waals surface area (Å²) < 4.78 is 1.44. The molecule has 0 atom stereocenters. The highest BCUT2D eigenvalue weighted by Gasteiger charge is 2.29. The lowest BCUT2D eigenvalue weighted by atomic mass is 9.95. The summed E-state index contributed by atoms with van der Waals surface area (Å²) in [5.41, 5.74) is 10.0. The Morgan fingerprint density at radius 2 is 1.96 bits per heavy atom. The highest BCUT2D eigenvalue weighted by Crippen LogP contribution is 2.43. The molecule has 1 aliphatic carbocycles. The van der Waals surface area contributed by atoms with Gasteiger partial charge in [-0.2, -0.15) is 0 Å². The Kier molecular flexibility index (Phi) is 5.19. The minimum absolute atomic E-state index is 0. The summed E-state index contributed by atoms with van der Waals surface area (Å²) in [6.07, 6.45) is 3.62. The third-order valence-corrected chi connectivity index (χ3v) is 5.27. The normalized spacial score (nSPS) is 13.4. The van der Waals surface area contributed by atoms with Crippen LogP contribution in [-0.2, 0) is 6.54 Å². The summed E-state index contributed by atoms with van der Waals surface area (Å²) in [6.45, 7) is 2.16. The molecule has 1 aliphatic rings. The van der Waals surface area contributed by atoms with Gasteiger partial charge in [0.2, 0.25) is 0 Å². The van der Waals surface area contributed by atoms with Gasteiger partial charge < -0.3 is 15.9 Å². The first-order chi connectivity index (χ1) is 12.9. The second-order valence-corrected chi connectivity index (χ2v) is 7.02. The van der Waals surface area contributed by atoms with E-state index in [-0.39, 0.29) is 36.2 Å². The Morgan fingerprint density at radius 3 is 2.57 bits per heavy atom. The molecule has 0 bridgehead atoms. The van der Waals surface area contributed by atoms with E-state index in [1.165, 1.54) is 10.5 Å². The molecule has 0 spiro atoms. The second-order valence-electron chi connectivity index (χ2n) is 7.02. The number of nitrogens with two attached hydrogens (primary N) is 1. The Hall–Kier alpha value is -2.83. The molecule has 0 aliphatic heterocycles. The molecule has 146 valence electrons. The van der Waals surface area contributed by atoms with E-state index >= 15 is 0 Å². The molecule has 0 radical (unpaired) electrons. The summed E-state index contributed by atoms with van der Waals surface area (Å²) in [7, 11) is 0. The zero-order chi connectivity index (χ0) is 19.3. The first kappa shape index (κ1) is 19.9. The van der Waals surface area contributed by atoms with Crippen molar-refractivity contribution in [3.63, 3.8) is 0 Å². The summed E-state index contributed by atoms with van der Waals surface area (Å²) in [5, 5.41) is 19.3. The molecule has 0 saturated heterocycles. The summed E-state index contributed by atoms with van der Waals surface area (Å²) in [5.74, 6) is -0.767. The molecule has 4 N–H and O–H groups in total. The summed E-state index contributed by atoms with van der Waals surface area (Å²) in [6, 6.07) is 8.61. The van der Waals surface area contributed by atoms with E-state index in [0.717, 1.165) is 40.6 Å². The molecule has 4 rings (SSSR count). The van der Waals surface area contributed by atoms with Gasteiger partial charge in [-0.05, 0) is 72.2 Å². The number of carboxylic acid groups (broad SMARTS) is 1. The number of aromatic carboxylic acids is 1. The number of fused-ring (bicyclic) bond motifs is 1. The number of carboxylic acids is 1. The fourth-order valence-corrected chi connectivity index (χ4v) is 3.69. The van der Waals surface area contributed by atoms with E-state index in [0.29, 0.717) is 5.56 Å². The SMILES string of the molecule is Cc1c(-c2ccc(O)c(CN)c2)ccn2c(=O)c(C(=O)O)cc(C3CC3)c12.Cl. The van der Waals surface area contributed by atoms with Crippen molar-refractivity contribution in [2.45, 2.75) is 32.2 Å². The molecule has 6 nitrogen and oxygen atoms in total. The van der Waals surface area contributed by atoms with Gasteiger partial charge in [0.05, 0.1) is 5.52 Å². The van der Waals surface area contributed by atoms with Crippen LogP contribution in [0.15, 0.2) is 41.3 Å². The van der Waals surface area contributed by atoms with E-state index in [1.54, 1.807) is 18.3 Å². The molecule has 1 aromatic carbocycles. The van der Waals surface area contributed by atoms with Gasteiger partial charge >= 0.3 is 5.97 Å². The third-order valence-electron chi connectivity index (χ3n) is 5.27. The van der Waals surface area contributed by atoms with Crippen LogP contribution in [0.3, 0.4) is 0 Å². The average molecular weight is 401 g/mol. The van der Waals surface area contributed by atoms with E-state index < -0.39 is 11.5 Å². The highest BCUT2D eigenvalue weighted by atomic mass is 35.5. The van der Waals surface area contributed by atoms with Crippen molar-refractivity contribution in [3.8, 4) is 16.9 Å². The van der Waals surface area contributed by atoms with Crippen LogP contribution in [0.25, 0.3) is 16.6 Å². The number of benzene rings is 1. The molecule has 0 amide bonds. The Labute approximate surface area is 167 Å². The van der Waals surface area contributed by atoms with Gasteiger partial charge in [-0.3, -0.25) is 9.20 Å². The number of hydrogen-bond donors (Lipinski definition) is 3. The Morgan fingerprint density at radius 1 is 1.25 bits per heavy atom. The van der Waals surface area contributed by atoms with Crippen molar-refractivity contribution in [2.24, 2.45) is 5.73 Å². The number of phenols is 1. The van der Waals surface area contributed by atoms with Crippen LogP contribution >= 0.6 is 12.4 Å². The molecule has 1 fully saturated rings. The van der Waals surface area contributed by atoms with Gasteiger partial charge in [-0.25, -0.2) is 4.79 Å². The molecule has 28 heavy (non-hydrogen) atoms. The molecule has 2 heterocycles. The van der Waals surface area contributed by atoms with Crippen LogP contribution in [-0.4, -0.2) is 20.6 Å². The van der Waals surface area contributed by atoms with E-state index in [4.69, 9.17) is 5.73 Å². The average Bonchev–Trinajstić information content (AvgIpc) is 3.48. The van der Waals surface area contributed by atoms with E-state index in [2.05, 4.69) is 0 Å². The number of pyridine rings is 2. The second kappa shape index (κ2) is 7.30. The number of hydrogen-bond acceptors (Lipinski definition) is 4. The maximum absolute atomic E-state index is 12.6. The Balaban J connectivity index is 0.00000225. The van der Waals surface area contributed by atoms with E-state index in [1.807, 2.05) is 19.1 Å². The number of rotatable bonds is 4. The zero-order valence-electron chi connectivity index (χ0n) is 15.3. The zero-order valence-corrected chi connectivity index (χ0v) is 16.1. The van der Waals surface area contributed by atoms with Gasteiger partial charge in [0, 0.05) is 18.3 Å². The standard InChI is InChI=1S/C21H20N2O4.ClH/c1-11-15(13-4-5-18(24)14(8-13)10-22)6-7-23-19(11)16(12-2-3-12)9-17(20(23)25)21(26)27;/h4-9,12,24H,2-3,10,22H2,1H3,(H,26,27);1H. The summed E-state index contributed by atoms with van der Waals surface area (Å²) in [4.78, 5) is 24.1. The van der Waals surface area contributed by atoms with Gasteiger partial charge in [-0.1, -0.05) is 6.07 Å². The number of aryl methyl sites for hydroxylation is 1. The van der Waals surface area contributed by atoms with Crippen LogP contribution < -0.4 is 11.3 Å². The van der Waals surface area contributed by atoms with Crippen molar-refractivity contribution in [1.82, 2.24) is 4.40 Å². The van der Waals surface area contributed by atoms with Crippen LogP contribution in [0.4, 0.5) is 0 Å². The highest BCUT2D eigenvalue weighted by molar-refractivity contribution is 5.89. The third kappa shape index (κ3) is 3.15. The molecule has 2 aromatic heterocycles. The predicted octanol–water partition coefficient (Wildman–Crippen LogP) is 3.44. The van der Waals surface area contributed by atoms with Crippen molar-refractivity contribution >= 4 is 23.9 Å². The van der Waals surface area contributed by atoms with Crippen LogP contribution in [0.5, 0.6) is 5.75 Å². The molecule has 7 heteroatoms. The van der Waals surface area contributed by atoms with Gasteiger partial charge in [0.15, 0.2) is 0 Å². The minimum Gasteiger partial charge on any atom is -0.508 e. The summed E-state index contributed by atoms with van der Waals surface area (Å²) >= 11 is 0. The molecule has 3 aromatic rings. The van der Waals surface area contributed by atoms with Crippen molar-refractivity contribution in [2.75, 3.05) is 0 Å². The van der Waals surface area contributed by atoms with Gasteiger partial charge in [0.1, 0.15) is 11.3 Å². The number of phenolic OH excluding ortho intramolecular Hbond substituents is 1. The predicted molar refractivity (Wildman–Crippen MR) is 110 cm³/mol.